The molecule has 0 radical (unpaired) electrons. The van der Waals surface area contributed by atoms with E-state index in [1.807, 2.05) is 0 Å². The zero-order chi connectivity index (χ0) is 12.5. The summed E-state index contributed by atoms with van der Waals surface area (Å²) in [5.41, 5.74) is 0.197. The lowest BCUT2D eigenvalue weighted by Crippen LogP contribution is -2.47. The second-order valence-corrected chi connectivity index (χ2v) is 7.45. The highest BCUT2D eigenvalue weighted by Gasteiger charge is 2.34. The van der Waals surface area contributed by atoms with Crippen LogP contribution < -0.4 is 0 Å². The van der Waals surface area contributed by atoms with E-state index in [0.29, 0.717) is 0 Å². The minimum absolute atomic E-state index is 0.197. The monoisotopic (exact) mass is 254 g/mol. The summed E-state index contributed by atoms with van der Waals surface area (Å²) in [6.45, 7) is 11.2. The van der Waals surface area contributed by atoms with E-state index >= 15 is 0 Å². The maximum absolute atomic E-state index is 4.86. The van der Waals surface area contributed by atoms with Crippen molar-refractivity contribution in [2.24, 2.45) is 10.9 Å². The Balaban J connectivity index is 2.09. The van der Waals surface area contributed by atoms with Crippen LogP contribution in [-0.4, -0.2) is 33.9 Å². The molecule has 2 aliphatic rings. The van der Waals surface area contributed by atoms with Gasteiger partial charge in [0.05, 0.1) is 0 Å². The summed E-state index contributed by atoms with van der Waals surface area (Å²) in [4.78, 5) is 7.32. The molecule has 3 heteroatoms. The molecule has 0 amide bonds. The van der Waals surface area contributed by atoms with Crippen LogP contribution in [0.2, 0.25) is 0 Å². The van der Waals surface area contributed by atoms with E-state index < -0.39 is 0 Å². The molecule has 0 spiro atoms. The fourth-order valence-electron chi connectivity index (χ4n) is 2.95. The van der Waals surface area contributed by atoms with Crippen molar-refractivity contribution in [3.63, 3.8) is 0 Å². The highest BCUT2D eigenvalue weighted by atomic mass is 32.2. The van der Waals surface area contributed by atoms with Gasteiger partial charge in [0.15, 0.2) is 5.17 Å². The van der Waals surface area contributed by atoms with Crippen molar-refractivity contribution in [3.05, 3.63) is 0 Å². The summed E-state index contributed by atoms with van der Waals surface area (Å²) in [6, 6.07) is 0. The molecule has 2 atom stereocenters. The van der Waals surface area contributed by atoms with Gasteiger partial charge in [-0.2, -0.15) is 0 Å². The van der Waals surface area contributed by atoms with Crippen LogP contribution in [0, 0.1) is 5.92 Å². The Morgan fingerprint density at radius 2 is 2.00 bits per heavy atom. The third kappa shape index (κ3) is 2.98. The molecule has 2 rings (SSSR count). The smallest absolute Gasteiger partial charge is 0.159 e. The number of aliphatic imine (C=N–C) groups is 1. The van der Waals surface area contributed by atoms with Crippen molar-refractivity contribution in [1.29, 1.82) is 0 Å². The van der Waals surface area contributed by atoms with E-state index in [2.05, 4.69) is 44.4 Å². The van der Waals surface area contributed by atoms with Gasteiger partial charge in [-0.05, 0) is 46.5 Å². The number of rotatable bonds is 1. The Hall–Kier alpha value is -0.180. The van der Waals surface area contributed by atoms with Gasteiger partial charge in [0.1, 0.15) is 0 Å². The van der Waals surface area contributed by atoms with Gasteiger partial charge in [0, 0.05) is 23.9 Å². The molecule has 0 N–H and O–H groups in total. The van der Waals surface area contributed by atoms with Crippen LogP contribution in [0.1, 0.15) is 53.4 Å². The average Bonchev–Trinajstić information content (AvgIpc) is 2.28. The van der Waals surface area contributed by atoms with Crippen molar-refractivity contribution >= 4 is 16.9 Å². The summed E-state index contributed by atoms with van der Waals surface area (Å²) in [5, 5.41) is 2.13. The van der Waals surface area contributed by atoms with Gasteiger partial charge in [-0.15, -0.1) is 0 Å². The summed E-state index contributed by atoms with van der Waals surface area (Å²) in [5.74, 6) is 0.858. The first-order valence-electron chi connectivity index (χ1n) is 7.01. The van der Waals surface area contributed by atoms with E-state index in [1.165, 1.54) is 30.9 Å². The molecule has 0 aromatic heterocycles. The van der Waals surface area contributed by atoms with Gasteiger partial charge in [-0.3, -0.25) is 4.99 Å². The number of hydrogen-bond acceptors (Lipinski definition) is 3. The fraction of sp³-hybridized carbons (Fsp3) is 0.929. The van der Waals surface area contributed by atoms with Gasteiger partial charge in [-0.1, -0.05) is 24.6 Å². The highest BCUT2D eigenvalue weighted by Crippen LogP contribution is 2.39. The predicted octanol–water partition coefficient (Wildman–Crippen LogP) is 3.77. The normalized spacial score (nSPS) is 29.5. The first-order chi connectivity index (χ1) is 8.02. The molecule has 98 valence electrons. The minimum Gasteiger partial charge on any atom is -0.347 e. The molecule has 1 saturated carbocycles. The zero-order valence-electron chi connectivity index (χ0n) is 11.7. The molecule has 0 aromatic carbocycles. The van der Waals surface area contributed by atoms with Crippen molar-refractivity contribution < 1.29 is 0 Å². The Bertz CT molecular complexity index is 293. The largest absolute Gasteiger partial charge is 0.347 e. The van der Waals surface area contributed by atoms with Gasteiger partial charge < -0.3 is 4.90 Å². The van der Waals surface area contributed by atoms with Crippen LogP contribution in [0.4, 0.5) is 0 Å². The molecule has 1 aliphatic heterocycles. The lowest BCUT2D eigenvalue weighted by Gasteiger charge is -2.42. The zero-order valence-corrected chi connectivity index (χ0v) is 12.5. The topological polar surface area (TPSA) is 15.6 Å². The maximum Gasteiger partial charge on any atom is 0.159 e. The molecular weight excluding hydrogens is 228 g/mol. The quantitative estimate of drug-likeness (QED) is 0.708. The third-order valence-corrected chi connectivity index (χ3v) is 5.40. The van der Waals surface area contributed by atoms with Crippen LogP contribution in [0.5, 0.6) is 0 Å². The van der Waals surface area contributed by atoms with Crippen molar-refractivity contribution in [1.82, 2.24) is 4.90 Å². The predicted molar refractivity (Wildman–Crippen MR) is 77.8 cm³/mol. The number of nitrogens with zero attached hydrogens (tertiary/aromatic N) is 2. The SMILES string of the molecule is CCN(C1=NCC2CCCCC2S1)C(C)(C)C. The van der Waals surface area contributed by atoms with Gasteiger partial charge >= 0.3 is 0 Å². The number of amidine groups is 1. The fourth-order valence-corrected chi connectivity index (χ4v) is 4.60. The summed E-state index contributed by atoms with van der Waals surface area (Å²) < 4.78 is 0. The first-order valence-corrected chi connectivity index (χ1v) is 7.89. The van der Waals surface area contributed by atoms with Crippen molar-refractivity contribution in [3.8, 4) is 0 Å². The Morgan fingerprint density at radius 3 is 2.65 bits per heavy atom. The van der Waals surface area contributed by atoms with Crippen molar-refractivity contribution in [2.45, 2.75) is 64.2 Å². The molecule has 1 heterocycles. The highest BCUT2D eigenvalue weighted by molar-refractivity contribution is 8.14. The molecule has 1 aliphatic carbocycles. The van der Waals surface area contributed by atoms with Crippen LogP contribution in [0.3, 0.4) is 0 Å². The lowest BCUT2D eigenvalue weighted by molar-refractivity contribution is 0.249. The molecule has 2 nitrogen and oxygen atoms in total. The van der Waals surface area contributed by atoms with Crippen LogP contribution in [0.25, 0.3) is 0 Å². The standard InChI is InChI=1S/C14H26N2S/c1-5-16(14(2,3)4)13-15-10-11-8-6-7-9-12(11)17-13/h11-12H,5-10H2,1-4H3. The maximum atomic E-state index is 4.86. The average molecular weight is 254 g/mol. The molecule has 0 aromatic rings. The van der Waals surface area contributed by atoms with Crippen LogP contribution in [-0.2, 0) is 0 Å². The van der Waals surface area contributed by atoms with Gasteiger partial charge in [0.2, 0.25) is 0 Å². The molecule has 0 saturated heterocycles. The van der Waals surface area contributed by atoms with Crippen LogP contribution in [0.15, 0.2) is 4.99 Å². The Labute approximate surface area is 110 Å². The number of thioether (sulfide) groups is 1. The summed E-state index contributed by atoms with van der Waals surface area (Å²) in [7, 11) is 0. The molecule has 1 fully saturated rings. The van der Waals surface area contributed by atoms with E-state index in [1.54, 1.807) is 0 Å². The minimum atomic E-state index is 0.197. The summed E-state index contributed by atoms with van der Waals surface area (Å²) >= 11 is 2.05. The number of hydrogen-bond donors (Lipinski definition) is 0. The molecular formula is C14H26N2S. The molecule has 2 unspecified atom stereocenters. The van der Waals surface area contributed by atoms with E-state index in [-0.39, 0.29) is 5.54 Å². The molecule has 17 heavy (non-hydrogen) atoms. The van der Waals surface area contributed by atoms with Gasteiger partial charge in [-0.25, -0.2) is 0 Å². The third-order valence-electron chi connectivity index (χ3n) is 3.91. The Kier molecular flexibility index (Phi) is 4.06. The Morgan fingerprint density at radius 1 is 1.29 bits per heavy atom. The first kappa shape index (κ1) is 13.3. The van der Waals surface area contributed by atoms with E-state index in [0.717, 1.165) is 24.3 Å². The second-order valence-electron chi connectivity index (χ2n) is 6.24. The van der Waals surface area contributed by atoms with Crippen LogP contribution >= 0.6 is 11.8 Å². The summed E-state index contributed by atoms with van der Waals surface area (Å²) in [6.07, 6.45) is 5.64. The number of fused-ring (bicyclic) bond motifs is 1. The lowest BCUT2D eigenvalue weighted by atomic mass is 9.89. The molecule has 0 bridgehead atoms. The van der Waals surface area contributed by atoms with Gasteiger partial charge in [0.25, 0.3) is 0 Å². The van der Waals surface area contributed by atoms with E-state index in [9.17, 15) is 0 Å². The van der Waals surface area contributed by atoms with Crippen molar-refractivity contribution in [2.75, 3.05) is 13.1 Å². The second kappa shape index (κ2) is 5.21. The van der Waals surface area contributed by atoms with E-state index in [4.69, 9.17) is 4.99 Å².